The smallest absolute Gasteiger partial charge is 0.309 e. The molecule has 0 unspecified atom stereocenters. The number of nitrogens with two attached hydrogens (primary N) is 1. The maximum absolute atomic E-state index is 11.5. The van der Waals surface area contributed by atoms with Crippen molar-refractivity contribution in [3.05, 3.63) is 0 Å². The minimum absolute atomic E-state index is 0.522. The van der Waals surface area contributed by atoms with Crippen molar-refractivity contribution in [2.24, 2.45) is 17.6 Å². The summed E-state index contributed by atoms with van der Waals surface area (Å²) >= 11 is 0. The molecule has 0 saturated heterocycles. The van der Waals surface area contributed by atoms with Crippen LogP contribution in [-0.4, -0.2) is 42.9 Å². The Hall–Kier alpha value is -1.10. The van der Waals surface area contributed by atoms with Gasteiger partial charge in [-0.05, 0) is 50.7 Å². The molecule has 5 heteroatoms. The molecule has 0 aliphatic rings. The van der Waals surface area contributed by atoms with Crippen LogP contribution in [0, 0.1) is 11.8 Å². The molecular weight excluding hydrogens is 566 g/mol. The van der Waals surface area contributed by atoms with Gasteiger partial charge in [0.15, 0.2) is 0 Å². The van der Waals surface area contributed by atoms with E-state index in [1.807, 2.05) is 0 Å². The molecule has 0 aliphatic heterocycles. The zero-order valence-corrected chi connectivity index (χ0v) is 31.8. The van der Waals surface area contributed by atoms with Gasteiger partial charge in [0.05, 0.1) is 0 Å². The molecule has 0 fully saturated rings. The number of nitrogens with one attached hydrogen (secondary N) is 1. The Bertz CT molecular complexity index is 614. The summed E-state index contributed by atoms with van der Waals surface area (Å²) < 4.78 is 0. The molecular formula is C41H83N3O2. The lowest BCUT2D eigenvalue weighted by molar-refractivity contribution is -0.137. The summed E-state index contributed by atoms with van der Waals surface area (Å²) in [4.78, 5) is 25.0. The van der Waals surface area contributed by atoms with Crippen LogP contribution in [0.25, 0.3) is 0 Å². The van der Waals surface area contributed by atoms with Crippen LogP contribution in [0.4, 0.5) is 0 Å². The number of hydrogen-bond donors (Lipinski definition) is 2. The third kappa shape index (κ3) is 35.7. The van der Waals surface area contributed by atoms with Crippen LogP contribution in [0.15, 0.2) is 0 Å². The Balaban J connectivity index is 3.84. The Labute approximate surface area is 288 Å². The number of rotatable bonds is 36. The maximum atomic E-state index is 11.5. The molecule has 274 valence electrons. The van der Waals surface area contributed by atoms with E-state index in [1.54, 1.807) is 0 Å². The molecule has 0 bridgehead atoms. The first-order valence-corrected chi connectivity index (χ1v) is 20.6. The molecule has 0 atom stereocenters. The lowest BCUT2D eigenvalue weighted by Crippen LogP contribution is -2.37. The van der Waals surface area contributed by atoms with E-state index in [4.69, 9.17) is 5.73 Å². The predicted molar refractivity (Wildman–Crippen MR) is 202 cm³/mol. The fraction of sp³-hybridized carbons (Fsp3) is 0.951. The van der Waals surface area contributed by atoms with E-state index in [2.05, 4.69) is 37.9 Å². The van der Waals surface area contributed by atoms with E-state index in [1.165, 1.54) is 180 Å². The average Bonchev–Trinajstić information content (AvgIpc) is 3.01. The summed E-state index contributed by atoms with van der Waals surface area (Å²) in [5, 5.41) is 2.64. The van der Waals surface area contributed by atoms with Crippen LogP contribution in [0.1, 0.15) is 214 Å². The second-order valence-corrected chi connectivity index (χ2v) is 15.4. The number of primary amides is 1. The summed E-state index contributed by atoms with van der Waals surface area (Å²) in [6.07, 6.45) is 40.0. The van der Waals surface area contributed by atoms with Gasteiger partial charge in [-0.3, -0.25) is 9.59 Å². The molecule has 0 saturated carbocycles. The van der Waals surface area contributed by atoms with Gasteiger partial charge in [-0.2, -0.15) is 0 Å². The molecule has 0 aliphatic carbocycles. The van der Waals surface area contributed by atoms with Gasteiger partial charge < -0.3 is 16.0 Å². The molecule has 0 spiro atoms. The Kier molecular flexibility index (Phi) is 34.4. The number of nitrogens with zero attached hydrogens (tertiary/aromatic N) is 1. The van der Waals surface area contributed by atoms with Gasteiger partial charge in [0, 0.05) is 6.54 Å². The van der Waals surface area contributed by atoms with E-state index >= 15 is 0 Å². The minimum atomic E-state index is -0.892. The highest BCUT2D eigenvalue weighted by Crippen LogP contribution is 2.16. The molecule has 0 radical (unpaired) electrons. The van der Waals surface area contributed by atoms with Crippen molar-refractivity contribution < 1.29 is 9.59 Å². The lowest BCUT2D eigenvalue weighted by atomic mass is 10.0. The third-order valence-electron chi connectivity index (χ3n) is 9.67. The van der Waals surface area contributed by atoms with Crippen LogP contribution in [0.3, 0.4) is 0 Å². The summed E-state index contributed by atoms with van der Waals surface area (Å²) in [7, 11) is 0. The first-order valence-electron chi connectivity index (χ1n) is 20.6. The first-order chi connectivity index (χ1) is 22.3. The average molecular weight is 650 g/mol. The molecule has 0 aromatic heterocycles. The zero-order chi connectivity index (χ0) is 33.9. The van der Waals surface area contributed by atoms with E-state index in [9.17, 15) is 9.59 Å². The molecule has 0 heterocycles. The highest BCUT2D eigenvalue weighted by molar-refractivity contribution is 6.34. The largest absolute Gasteiger partial charge is 0.361 e. The summed E-state index contributed by atoms with van der Waals surface area (Å²) in [5.74, 6) is 0.171. The lowest BCUT2D eigenvalue weighted by Gasteiger charge is -2.22. The number of unbranched alkanes of at least 4 members (excludes halogenated alkanes) is 24. The Morgan fingerprint density at radius 1 is 0.435 bits per heavy atom. The fourth-order valence-electron chi connectivity index (χ4n) is 6.59. The van der Waals surface area contributed by atoms with Gasteiger partial charge in [-0.25, -0.2) is 0 Å². The van der Waals surface area contributed by atoms with Crippen molar-refractivity contribution in [1.29, 1.82) is 0 Å². The van der Waals surface area contributed by atoms with E-state index < -0.39 is 11.8 Å². The number of carbonyl (C=O) groups is 2. The monoisotopic (exact) mass is 650 g/mol. The standard InChI is InChI=1S/C41H83N3O2/c1-38(2)32-27-23-19-15-11-7-5-9-13-17-21-25-29-35-44(37-31-34-43-41(46)40(42)45)36-30-26-22-18-14-10-6-8-12-16-20-24-28-33-39(3)4/h38-39H,5-37H2,1-4H3,(H2,42,45)(H,43,46). The quantitative estimate of drug-likeness (QED) is 0.0524. The minimum Gasteiger partial charge on any atom is -0.361 e. The molecule has 0 aromatic rings. The van der Waals surface area contributed by atoms with Crippen LogP contribution < -0.4 is 11.1 Å². The van der Waals surface area contributed by atoms with Crippen molar-refractivity contribution in [1.82, 2.24) is 10.2 Å². The number of amides is 2. The maximum Gasteiger partial charge on any atom is 0.309 e. The second kappa shape index (κ2) is 35.2. The highest BCUT2D eigenvalue weighted by Gasteiger charge is 2.09. The van der Waals surface area contributed by atoms with Crippen molar-refractivity contribution in [2.75, 3.05) is 26.2 Å². The van der Waals surface area contributed by atoms with Gasteiger partial charge in [-0.15, -0.1) is 0 Å². The van der Waals surface area contributed by atoms with Gasteiger partial charge in [0.1, 0.15) is 0 Å². The molecule has 0 aromatic carbocycles. The van der Waals surface area contributed by atoms with E-state index in [-0.39, 0.29) is 0 Å². The second-order valence-electron chi connectivity index (χ2n) is 15.4. The number of hydrogen-bond acceptors (Lipinski definition) is 3. The van der Waals surface area contributed by atoms with Gasteiger partial charge in [0.25, 0.3) is 0 Å². The van der Waals surface area contributed by atoms with Gasteiger partial charge in [0.2, 0.25) is 0 Å². The summed E-state index contributed by atoms with van der Waals surface area (Å²) in [6.45, 7) is 13.1. The molecule has 2 amide bonds. The fourth-order valence-corrected chi connectivity index (χ4v) is 6.59. The van der Waals surface area contributed by atoms with Gasteiger partial charge in [-0.1, -0.05) is 195 Å². The third-order valence-corrected chi connectivity index (χ3v) is 9.67. The molecule has 3 N–H and O–H groups in total. The normalized spacial score (nSPS) is 11.7. The van der Waals surface area contributed by atoms with Crippen LogP contribution in [-0.2, 0) is 9.59 Å². The zero-order valence-electron chi connectivity index (χ0n) is 31.8. The van der Waals surface area contributed by atoms with Crippen LogP contribution >= 0.6 is 0 Å². The topological polar surface area (TPSA) is 75.4 Å². The van der Waals surface area contributed by atoms with E-state index in [0.29, 0.717) is 6.54 Å². The summed E-state index contributed by atoms with van der Waals surface area (Å²) in [5.41, 5.74) is 5.06. The Morgan fingerprint density at radius 2 is 0.696 bits per heavy atom. The molecule has 5 nitrogen and oxygen atoms in total. The van der Waals surface area contributed by atoms with Crippen LogP contribution in [0.5, 0.6) is 0 Å². The number of carbonyl (C=O) groups excluding carboxylic acids is 2. The molecule has 0 rings (SSSR count). The van der Waals surface area contributed by atoms with Gasteiger partial charge >= 0.3 is 11.8 Å². The van der Waals surface area contributed by atoms with Crippen molar-refractivity contribution in [3.8, 4) is 0 Å². The van der Waals surface area contributed by atoms with Crippen molar-refractivity contribution in [3.63, 3.8) is 0 Å². The van der Waals surface area contributed by atoms with Crippen LogP contribution in [0.2, 0.25) is 0 Å². The predicted octanol–water partition coefficient (Wildman–Crippen LogP) is 11.5. The summed E-state index contributed by atoms with van der Waals surface area (Å²) in [6, 6.07) is 0. The Morgan fingerprint density at radius 3 is 0.978 bits per heavy atom. The molecule has 46 heavy (non-hydrogen) atoms. The van der Waals surface area contributed by atoms with Crippen molar-refractivity contribution >= 4 is 11.8 Å². The SMILES string of the molecule is CC(C)CCCCCCCCCCCCCCCN(CCCCCCCCCCCCCCCC(C)C)CCCNC(=O)C(N)=O. The first kappa shape index (κ1) is 44.9. The van der Waals surface area contributed by atoms with Crippen molar-refractivity contribution in [2.45, 2.75) is 214 Å². The van der Waals surface area contributed by atoms with E-state index in [0.717, 1.165) is 37.9 Å². The highest BCUT2D eigenvalue weighted by atomic mass is 16.2.